The monoisotopic (exact) mass is 271 g/mol. The smallest absolute Gasteiger partial charge is 0.335 e. The van der Waals surface area contributed by atoms with Gasteiger partial charge >= 0.3 is 5.97 Å². The Labute approximate surface area is 115 Å². The zero-order chi connectivity index (χ0) is 13.7. The van der Waals surface area contributed by atoms with Crippen LogP contribution in [0.15, 0.2) is 0 Å². The van der Waals surface area contributed by atoms with Gasteiger partial charge in [0.2, 0.25) is 0 Å². The maximum absolute atomic E-state index is 11.7. The van der Waals surface area contributed by atoms with E-state index in [0.717, 1.165) is 32.4 Å². The van der Waals surface area contributed by atoms with Crippen molar-refractivity contribution in [1.29, 1.82) is 0 Å². The van der Waals surface area contributed by atoms with Crippen molar-refractivity contribution in [2.75, 3.05) is 26.3 Å². The first-order valence-electron chi connectivity index (χ1n) is 7.36. The molecule has 2 aliphatic heterocycles. The van der Waals surface area contributed by atoms with Crippen LogP contribution in [0.1, 0.15) is 39.5 Å². The van der Waals surface area contributed by atoms with E-state index in [1.807, 2.05) is 13.8 Å². The van der Waals surface area contributed by atoms with E-state index in [0.29, 0.717) is 19.6 Å². The molecule has 0 radical (unpaired) electrons. The van der Waals surface area contributed by atoms with Crippen molar-refractivity contribution in [3.05, 3.63) is 0 Å². The molecule has 0 bridgehead atoms. The molecule has 0 aromatic rings. The van der Waals surface area contributed by atoms with Gasteiger partial charge in [-0.1, -0.05) is 6.92 Å². The van der Waals surface area contributed by atoms with Gasteiger partial charge in [0.1, 0.15) is 0 Å². The Morgan fingerprint density at radius 3 is 2.79 bits per heavy atom. The number of carbonyl (C=O) groups excluding carboxylic acids is 1. The normalized spacial score (nSPS) is 27.4. The Morgan fingerprint density at radius 2 is 2.16 bits per heavy atom. The van der Waals surface area contributed by atoms with Crippen LogP contribution < -0.4 is 5.32 Å². The maximum Gasteiger partial charge on any atom is 0.335 e. The largest absolute Gasteiger partial charge is 0.464 e. The fourth-order valence-electron chi connectivity index (χ4n) is 2.91. The van der Waals surface area contributed by atoms with Gasteiger partial charge in [0.05, 0.1) is 24.9 Å². The summed E-state index contributed by atoms with van der Waals surface area (Å²) in [5.74, 6) is -0.253. The average molecular weight is 271 g/mol. The standard InChI is InChI=1S/C14H25NO4/c1-3-12(13(16)17-4-2)19-11-9-14(18-10-11)5-7-15-8-6-14/h11-12,15H,3-10H2,1-2H3. The van der Waals surface area contributed by atoms with Gasteiger partial charge in [0.15, 0.2) is 6.10 Å². The van der Waals surface area contributed by atoms with Crippen molar-refractivity contribution < 1.29 is 19.0 Å². The number of hydrogen-bond acceptors (Lipinski definition) is 5. The molecule has 1 N–H and O–H groups in total. The number of ether oxygens (including phenoxy) is 3. The van der Waals surface area contributed by atoms with Crippen LogP contribution in [0.4, 0.5) is 0 Å². The number of esters is 1. The molecule has 2 unspecified atom stereocenters. The van der Waals surface area contributed by atoms with Gasteiger partial charge in [-0.2, -0.15) is 0 Å². The molecule has 0 aliphatic carbocycles. The number of carbonyl (C=O) groups is 1. The van der Waals surface area contributed by atoms with E-state index in [1.165, 1.54) is 0 Å². The van der Waals surface area contributed by atoms with E-state index in [-0.39, 0.29) is 17.7 Å². The van der Waals surface area contributed by atoms with Gasteiger partial charge in [-0.05, 0) is 39.3 Å². The first-order chi connectivity index (χ1) is 9.19. The lowest BCUT2D eigenvalue weighted by atomic mass is 9.89. The van der Waals surface area contributed by atoms with Crippen molar-refractivity contribution in [3.63, 3.8) is 0 Å². The van der Waals surface area contributed by atoms with Crippen LogP contribution in [0.25, 0.3) is 0 Å². The average Bonchev–Trinajstić information content (AvgIpc) is 2.80. The van der Waals surface area contributed by atoms with Crippen molar-refractivity contribution >= 4 is 5.97 Å². The lowest BCUT2D eigenvalue weighted by Gasteiger charge is -2.32. The molecule has 5 nitrogen and oxygen atoms in total. The second-order valence-electron chi connectivity index (χ2n) is 5.36. The summed E-state index contributed by atoms with van der Waals surface area (Å²) in [6.45, 7) is 6.75. The summed E-state index contributed by atoms with van der Waals surface area (Å²) in [7, 11) is 0. The number of piperidine rings is 1. The van der Waals surface area contributed by atoms with Crippen molar-refractivity contribution in [1.82, 2.24) is 5.32 Å². The highest BCUT2D eigenvalue weighted by Gasteiger charge is 2.42. The molecule has 110 valence electrons. The molecule has 2 fully saturated rings. The first kappa shape index (κ1) is 14.8. The summed E-state index contributed by atoms with van der Waals surface area (Å²) < 4.78 is 16.9. The molecular formula is C14H25NO4. The molecule has 2 heterocycles. The summed E-state index contributed by atoms with van der Waals surface area (Å²) in [6, 6.07) is 0. The summed E-state index contributed by atoms with van der Waals surface area (Å²) >= 11 is 0. The van der Waals surface area contributed by atoms with Crippen LogP contribution in [0.5, 0.6) is 0 Å². The van der Waals surface area contributed by atoms with Crippen LogP contribution in [0.2, 0.25) is 0 Å². The Morgan fingerprint density at radius 1 is 1.42 bits per heavy atom. The second-order valence-corrected chi connectivity index (χ2v) is 5.36. The van der Waals surface area contributed by atoms with Crippen LogP contribution in [-0.4, -0.2) is 50.1 Å². The van der Waals surface area contributed by atoms with Gasteiger partial charge in [-0.15, -0.1) is 0 Å². The Bertz CT molecular complexity index is 302. The highest BCUT2D eigenvalue weighted by atomic mass is 16.6. The third-order valence-electron chi connectivity index (χ3n) is 3.97. The maximum atomic E-state index is 11.7. The van der Waals surface area contributed by atoms with Crippen LogP contribution in [0, 0.1) is 0 Å². The predicted octanol–water partition coefficient (Wildman–Crippen LogP) is 1.26. The fraction of sp³-hybridized carbons (Fsp3) is 0.929. The first-order valence-corrected chi connectivity index (χ1v) is 7.36. The molecule has 5 heteroatoms. The number of nitrogens with one attached hydrogen (secondary N) is 1. The third-order valence-corrected chi connectivity index (χ3v) is 3.97. The summed E-state index contributed by atoms with van der Waals surface area (Å²) in [4.78, 5) is 11.7. The van der Waals surface area contributed by atoms with E-state index in [9.17, 15) is 4.79 Å². The Hall–Kier alpha value is -0.650. The Kier molecular flexibility index (Phi) is 5.19. The quantitative estimate of drug-likeness (QED) is 0.763. The summed E-state index contributed by atoms with van der Waals surface area (Å²) in [6.07, 6.45) is 3.17. The van der Waals surface area contributed by atoms with Gasteiger partial charge < -0.3 is 19.5 Å². The van der Waals surface area contributed by atoms with E-state index in [1.54, 1.807) is 0 Å². The molecule has 0 saturated carbocycles. The minimum absolute atomic E-state index is 0.0208. The van der Waals surface area contributed by atoms with E-state index < -0.39 is 6.10 Å². The van der Waals surface area contributed by atoms with Gasteiger partial charge in [0.25, 0.3) is 0 Å². The molecule has 0 amide bonds. The van der Waals surface area contributed by atoms with E-state index >= 15 is 0 Å². The van der Waals surface area contributed by atoms with Crippen molar-refractivity contribution in [2.45, 2.75) is 57.3 Å². The third kappa shape index (κ3) is 3.68. The molecule has 2 atom stereocenters. The van der Waals surface area contributed by atoms with Gasteiger partial charge in [0, 0.05) is 6.42 Å². The highest BCUT2D eigenvalue weighted by molar-refractivity contribution is 5.74. The molecular weight excluding hydrogens is 246 g/mol. The van der Waals surface area contributed by atoms with Gasteiger partial charge in [-0.25, -0.2) is 4.79 Å². The molecule has 0 aromatic carbocycles. The molecule has 0 aromatic heterocycles. The molecule has 1 spiro atoms. The number of hydrogen-bond donors (Lipinski definition) is 1. The van der Waals surface area contributed by atoms with E-state index in [4.69, 9.17) is 14.2 Å². The zero-order valence-corrected chi connectivity index (χ0v) is 11.9. The molecule has 19 heavy (non-hydrogen) atoms. The summed E-state index contributed by atoms with van der Waals surface area (Å²) in [5, 5.41) is 3.34. The van der Waals surface area contributed by atoms with Crippen LogP contribution >= 0.6 is 0 Å². The lowest BCUT2D eigenvalue weighted by molar-refractivity contribution is -0.160. The highest BCUT2D eigenvalue weighted by Crippen LogP contribution is 2.35. The minimum Gasteiger partial charge on any atom is -0.464 e. The topological polar surface area (TPSA) is 56.8 Å². The molecule has 2 aliphatic rings. The van der Waals surface area contributed by atoms with Gasteiger partial charge in [-0.3, -0.25) is 0 Å². The van der Waals surface area contributed by atoms with Crippen molar-refractivity contribution in [3.8, 4) is 0 Å². The number of rotatable bonds is 5. The molecule has 2 saturated heterocycles. The lowest BCUT2D eigenvalue weighted by Crippen LogP contribution is -2.42. The predicted molar refractivity (Wildman–Crippen MR) is 71.0 cm³/mol. The van der Waals surface area contributed by atoms with E-state index in [2.05, 4.69) is 5.32 Å². The van der Waals surface area contributed by atoms with Crippen LogP contribution in [0.3, 0.4) is 0 Å². The second kappa shape index (κ2) is 6.68. The molecule has 2 rings (SSSR count). The SMILES string of the molecule is CCOC(=O)C(CC)OC1COC2(CCNCC2)C1. The Balaban J connectivity index is 1.84. The minimum atomic E-state index is -0.453. The summed E-state index contributed by atoms with van der Waals surface area (Å²) in [5.41, 5.74) is -0.0249. The van der Waals surface area contributed by atoms with Crippen LogP contribution in [-0.2, 0) is 19.0 Å². The fourth-order valence-corrected chi connectivity index (χ4v) is 2.91. The van der Waals surface area contributed by atoms with Crippen molar-refractivity contribution in [2.24, 2.45) is 0 Å². The zero-order valence-electron chi connectivity index (χ0n) is 11.9.